The van der Waals surface area contributed by atoms with Crippen LogP contribution in [0.3, 0.4) is 0 Å². The molecule has 0 radical (unpaired) electrons. The Kier molecular flexibility index (Phi) is 3.80. The van der Waals surface area contributed by atoms with Gasteiger partial charge in [-0.05, 0) is 38.5 Å². The Morgan fingerprint density at radius 1 is 1.14 bits per heavy atom. The van der Waals surface area contributed by atoms with E-state index in [1.807, 2.05) is 0 Å². The fourth-order valence-corrected chi connectivity index (χ4v) is 1.69. The Hall–Kier alpha value is -2.63. The van der Waals surface area contributed by atoms with Gasteiger partial charge >= 0.3 is 12.1 Å². The number of carbonyl (C=O) groups excluding carboxylic acids is 1. The number of rotatable bonds is 2. The summed E-state index contributed by atoms with van der Waals surface area (Å²) in [5.74, 6) is -0.981. The van der Waals surface area contributed by atoms with Crippen molar-refractivity contribution < 1.29 is 19.4 Å². The van der Waals surface area contributed by atoms with E-state index in [1.165, 1.54) is 18.3 Å². The van der Waals surface area contributed by atoms with Crippen molar-refractivity contribution in [2.45, 2.75) is 26.4 Å². The average Bonchev–Trinajstić information content (AvgIpc) is 2.86. The van der Waals surface area contributed by atoms with Crippen LogP contribution in [-0.4, -0.2) is 32.6 Å². The SMILES string of the molecule is CC(C)(C)OC(=O)n1cc(-c2ccc(C(=O)O)cc2)cn1. The molecule has 0 spiro atoms. The van der Waals surface area contributed by atoms with Gasteiger partial charge in [-0.15, -0.1) is 0 Å². The van der Waals surface area contributed by atoms with Gasteiger partial charge in [0.05, 0.1) is 11.8 Å². The molecular weight excluding hydrogens is 272 g/mol. The summed E-state index contributed by atoms with van der Waals surface area (Å²) in [6.07, 6.45) is 2.51. The second-order valence-electron chi connectivity index (χ2n) is 5.54. The summed E-state index contributed by atoms with van der Waals surface area (Å²) in [4.78, 5) is 22.6. The lowest BCUT2D eigenvalue weighted by molar-refractivity contribution is 0.0514. The van der Waals surface area contributed by atoms with E-state index in [-0.39, 0.29) is 5.56 Å². The zero-order valence-corrected chi connectivity index (χ0v) is 12.0. The first-order chi connectivity index (χ1) is 9.76. The highest BCUT2D eigenvalue weighted by Gasteiger charge is 2.18. The monoisotopic (exact) mass is 288 g/mol. The van der Waals surface area contributed by atoms with Crippen LogP contribution in [0.4, 0.5) is 4.79 Å². The van der Waals surface area contributed by atoms with Gasteiger partial charge in [0, 0.05) is 11.8 Å². The molecule has 21 heavy (non-hydrogen) atoms. The van der Waals surface area contributed by atoms with Gasteiger partial charge in [0.1, 0.15) is 5.60 Å². The Labute approximate surface area is 122 Å². The van der Waals surface area contributed by atoms with Crippen LogP contribution >= 0.6 is 0 Å². The van der Waals surface area contributed by atoms with E-state index >= 15 is 0 Å². The lowest BCUT2D eigenvalue weighted by Crippen LogP contribution is -2.27. The van der Waals surface area contributed by atoms with Gasteiger partial charge in [0.15, 0.2) is 0 Å². The maximum absolute atomic E-state index is 11.8. The summed E-state index contributed by atoms with van der Waals surface area (Å²) < 4.78 is 6.32. The molecule has 1 aromatic carbocycles. The van der Waals surface area contributed by atoms with Crippen LogP contribution in [0.1, 0.15) is 31.1 Å². The third-order valence-corrected chi connectivity index (χ3v) is 2.63. The number of ether oxygens (including phenoxy) is 1. The van der Waals surface area contributed by atoms with Gasteiger partial charge in [0.25, 0.3) is 0 Å². The van der Waals surface area contributed by atoms with E-state index in [4.69, 9.17) is 9.84 Å². The molecule has 0 aliphatic heterocycles. The zero-order chi connectivity index (χ0) is 15.6. The van der Waals surface area contributed by atoms with Crippen LogP contribution in [0.2, 0.25) is 0 Å². The Morgan fingerprint density at radius 2 is 1.76 bits per heavy atom. The summed E-state index contributed by atoms with van der Waals surface area (Å²) in [5.41, 5.74) is 1.10. The van der Waals surface area contributed by atoms with Crippen LogP contribution < -0.4 is 0 Å². The van der Waals surface area contributed by atoms with Gasteiger partial charge in [-0.3, -0.25) is 0 Å². The Bertz CT molecular complexity index is 666. The number of aromatic carboxylic acids is 1. The normalized spacial score (nSPS) is 11.2. The highest BCUT2D eigenvalue weighted by atomic mass is 16.6. The van der Waals surface area contributed by atoms with Gasteiger partial charge in [-0.25, -0.2) is 9.59 Å². The number of carboxylic acids is 1. The molecule has 1 heterocycles. The van der Waals surface area contributed by atoms with Crippen LogP contribution in [0, 0.1) is 0 Å². The second-order valence-corrected chi connectivity index (χ2v) is 5.54. The highest BCUT2D eigenvalue weighted by molar-refractivity contribution is 5.88. The molecule has 0 amide bonds. The summed E-state index contributed by atoms with van der Waals surface area (Å²) in [6, 6.07) is 6.34. The molecule has 2 rings (SSSR count). The number of carboxylic acid groups (broad SMARTS) is 1. The van der Waals surface area contributed by atoms with Crippen molar-refractivity contribution in [3.63, 3.8) is 0 Å². The predicted molar refractivity (Wildman–Crippen MR) is 76.3 cm³/mol. The van der Waals surface area contributed by atoms with Gasteiger partial charge in [0.2, 0.25) is 0 Å². The van der Waals surface area contributed by atoms with E-state index in [0.717, 1.165) is 10.2 Å². The zero-order valence-electron chi connectivity index (χ0n) is 12.0. The Morgan fingerprint density at radius 3 is 2.29 bits per heavy atom. The number of benzene rings is 1. The smallest absolute Gasteiger partial charge is 0.435 e. The molecule has 0 unspecified atom stereocenters. The minimum absolute atomic E-state index is 0.207. The number of carbonyl (C=O) groups is 2. The molecule has 6 nitrogen and oxygen atoms in total. The van der Waals surface area contributed by atoms with Crippen molar-refractivity contribution >= 4 is 12.1 Å². The number of hydrogen-bond acceptors (Lipinski definition) is 4. The first-order valence-electron chi connectivity index (χ1n) is 6.38. The van der Waals surface area contributed by atoms with Gasteiger partial charge in [-0.1, -0.05) is 12.1 Å². The fourth-order valence-electron chi connectivity index (χ4n) is 1.69. The summed E-state index contributed by atoms with van der Waals surface area (Å²) in [7, 11) is 0. The molecule has 0 saturated carbocycles. The lowest BCUT2D eigenvalue weighted by atomic mass is 10.1. The quantitative estimate of drug-likeness (QED) is 0.918. The third-order valence-electron chi connectivity index (χ3n) is 2.63. The Balaban J connectivity index is 2.19. The van der Waals surface area contributed by atoms with E-state index in [1.54, 1.807) is 39.1 Å². The molecule has 2 aromatic rings. The molecule has 0 aliphatic rings. The highest BCUT2D eigenvalue weighted by Crippen LogP contribution is 2.19. The minimum Gasteiger partial charge on any atom is -0.478 e. The first kappa shape index (κ1) is 14.8. The minimum atomic E-state index is -0.981. The summed E-state index contributed by atoms with van der Waals surface area (Å²) in [5, 5.41) is 12.8. The number of aromatic nitrogens is 2. The van der Waals surface area contributed by atoms with E-state index in [9.17, 15) is 9.59 Å². The van der Waals surface area contributed by atoms with E-state index in [2.05, 4.69) is 5.10 Å². The molecule has 0 fully saturated rings. The lowest BCUT2D eigenvalue weighted by Gasteiger charge is -2.18. The molecule has 1 N–H and O–H groups in total. The van der Waals surface area contributed by atoms with Crippen LogP contribution in [0.25, 0.3) is 11.1 Å². The van der Waals surface area contributed by atoms with Crippen molar-refractivity contribution in [2.75, 3.05) is 0 Å². The standard InChI is InChI=1S/C15H16N2O4/c1-15(2,3)21-14(20)17-9-12(8-16-17)10-4-6-11(7-5-10)13(18)19/h4-9H,1-3H3,(H,18,19). The van der Waals surface area contributed by atoms with Gasteiger partial charge < -0.3 is 9.84 Å². The van der Waals surface area contributed by atoms with Crippen molar-refractivity contribution in [3.8, 4) is 11.1 Å². The van der Waals surface area contributed by atoms with Crippen LogP contribution in [0.5, 0.6) is 0 Å². The van der Waals surface area contributed by atoms with Crippen molar-refractivity contribution in [2.24, 2.45) is 0 Å². The average molecular weight is 288 g/mol. The van der Waals surface area contributed by atoms with Crippen molar-refractivity contribution in [3.05, 3.63) is 42.2 Å². The molecule has 0 aliphatic carbocycles. The second kappa shape index (κ2) is 5.40. The molecule has 0 bridgehead atoms. The number of nitrogens with zero attached hydrogens (tertiary/aromatic N) is 2. The largest absolute Gasteiger partial charge is 0.478 e. The van der Waals surface area contributed by atoms with Crippen molar-refractivity contribution in [1.29, 1.82) is 0 Å². The first-order valence-corrected chi connectivity index (χ1v) is 6.38. The third kappa shape index (κ3) is 3.68. The van der Waals surface area contributed by atoms with Crippen molar-refractivity contribution in [1.82, 2.24) is 9.78 Å². The predicted octanol–water partition coefficient (Wildman–Crippen LogP) is 3.03. The maximum atomic E-state index is 11.8. The van der Waals surface area contributed by atoms with Gasteiger partial charge in [-0.2, -0.15) is 9.78 Å². The van der Waals surface area contributed by atoms with E-state index < -0.39 is 17.7 Å². The molecule has 0 saturated heterocycles. The van der Waals surface area contributed by atoms with E-state index in [0.29, 0.717) is 5.56 Å². The number of hydrogen-bond donors (Lipinski definition) is 1. The molecule has 0 atom stereocenters. The topological polar surface area (TPSA) is 81.4 Å². The molecule has 6 heteroatoms. The summed E-state index contributed by atoms with van der Waals surface area (Å²) in [6.45, 7) is 5.33. The van der Waals surface area contributed by atoms with Crippen LogP contribution in [0.15, 0.2) is 36.7 Å². The maximum Gasteiger partial charge on any atom is 0.435 e. The fraction of sp³-hybridized carbons (Fsp3) is 0.267. The molecule has 110 valence electrons. The molecule has 1 aromatic heterocycles. The molecular formula is C15H16N2O4. The van der Waals surface area contributed by atoms with Crippen LogP contribution in [-0.2, 0) is 4.74 Å². The summed E-state index contributed by atoms with van der Waals surface area (Å²) >= 11 is 0.